The van der Waals surface area contributed by atoms with Crippen LogP contribution in [0.25, 0.3) is 0 Å². The van der Waals surface area contributed by atoms with E-state index in [9.17, 15) is 10.1 Å². The molecule has 1 amide bonds. The summed E-state index contributed by atoms with van der Waals surface area (Å²) in [5, 5.41) is 9.31. The Kier molecular flexibility index (Phi) is 6.69. The van der Waals surface area contributed by atoms with E-state index in [0.717, 1.165) is 84.3 Å². The Hall–Kier alpha value is -1.62. The van der Waals surface area contributed by atoms with Gasteiger partial charge in [0.1, 0.15) is 6.10 Å². The van der Waals surface area contributed by atoms with Crippen LogP contribution in [0.2, 0.25) is 0 Å². The van der Waals surface area contributed by atoms with Gasteiger partial charge < -0.3 is 24.0 Å². The molecule has 5 rings (SSSR count). The Labute approximate surface area is 210 Å². The van der Waals surface area contributed by atoms with E-state index in [1.807, 2.05) is 4.90 Å². The first-order chi connectivity index (χ1) is 16.6. The molecule has 0 radical (unpaired) electrons. The van der Waals surface area contributed by atoms with Crippen molar-refractivity contribution in [3.05, 3.63) is 11.6 Å². The molecule has 0 bridgehead atoms. The van der Waals surface area contributed by atoms with Gasteiger partial charge in [-0.25, -0.2) is 4.79 Å². The van der Waals surface area contributed by atoms with Gasteiger partial charge in [0.15, 0.2) is 0 Å². The standard InChI is InChI=1S/C28H43N3O4/c1-20(2)5-6-24-27(4,35-24)23-15-22(7-9-28(23)19-33-28)34-25(32)31-16-21(17-31)8-12-30-13-10-26(3,18-29)11-14-30/h5,21-24H,6-17,19H2,1-4H3/t22?,23?,24-,27-,28?/m1/s1. The maximum absolute atomic E-state index is 12.8. The number of carbonyl (C=O) groups is 1. The van der Waals surface area contributed by atoms with E-state index in [0.29, 0.717) is 5.92 Å². The molecule has 1 saturated carbocycles. The van der Waals surface area contributed by atoms with Gasteiger partial charge in [-0.15, -0.1) is 0 Å². The Balaban J connectivity index is 1.04. The first-order valence-corrected chi connectivity index (χ1v) is 13.7. The fraction of sp³-hybridized carbons (Fsp3) is 0.857. The highest BCUT2D eigenvalue weighted by atomic mass is 16.6. The third kappa shape index (κ3) is 5.26. The molecule has 4 aliphatic heterocycles. The molecule has 5 aliphatic rings. The molecule has 7 nitrogen and oxygen atoms in total. The SMILES string of the molecule is CC(C)=CC[C@H]1O[C@]1(C)C1CC(OC(=O)N2CC(CCN3CCC(C)(C#N)CC3)C2)CCC12CO2. The number of rotatable bonds is 7. The molecule has 0 aromatic rings. The second-order valence-corrected chi connectivity index (χ2v) is 12.6. The molecule has 3 unspecified atom stereocenters. The monoisotopic (exact) mass is 485 g/mol. The molecule has 5 atom stereocenters. The van der Waals surface area contributed by atoms with Gasteiger partial charge in [-0.2, -0.15) is 5.26 Å². The van der Waals surface area contributed by atoms with Gasteiger partial charge in [0.25, 0.3) is 0 Å². The van der Waals surface area contributed by atoms with Crippen molar-refractivity contribution >= 4 is 6.09 Å². The lowest BCUT2D eigenvalue weighted by atomic mass is 9.70. The summed E-state index contributed by atoms with van der Waals surface area (Å²) < 4.78 is 18.2. The van der Waals surface area contributed by atoms with E-state index in [1.54, 1.807) is 0 Å². The van der Waals surface area contributed by atoms with Crippen LogP contribution in [-0.4, -0.2) is 78.6 Å². The van der Waals surface area contributed by atoms with Gasteiger partial charge in [-0.1, -0.05) is 11.6 Å². The van der Waals surface area contributed by atoms with Crippen molar-refractivity contribution in [2.75, 3.05) is 39.3 Å². The number of piperidine rings is 1. The van der Waals surface area contributed by atoms with E-state index in [2.05, 4.69) is 44.7 Å². The normalized spacial score (nSPS) is 38.4. The third-order valence-electron chi connectivity index (χ3n) is 9.51. The molecular weight excluding hydrogens is 442 g/mol. The summed E-state index contributed by atoms with van der Waals surface area (Å²) in [4.78, 5) is 17.2. The lowest BCUT2D eigenvalue weighted by molar-refractivity contribution is -0.0235. The van der Waals surface area contributed by atoms with E-state index < -0.39 is 0 Å². The van der Waals surface area contributed by atoms with Crippen molar-refractivity contribution in [3.63, 3.8) is 0 Å². The minimum absolute atomic E-state index is 0.0469. The largest absolute Gasteiger partial charge is 0.446 e. The number of likely N-dealkylation sites (tertiary alicyclic amines) is 2. The summed E-state index contributed by atoms with van der Waals surface area (Å²) in [6.45, 7) is 14.0. The fourth-order valence-electron chi connectivity index (χ4n) is 6.55. The van der Waals surface area contributed by atoms with Crippen LogP contribution < -0.4 is 0 Å². The van der Waals surface area contributed by atoms with Crippen molar-refractivity contribution in [1.29, 1.82) is 5.26 Å². The van der Waals surface area contributed by atoms with Crippen LogP contribution in [0.4, 0.5) is 4.79 Å². The minimum Gasteiger partial charge on any atom is -0.446 e. The number of nitrogens with zero attached hydrogens (tertiary/aromatic N) is 3. The zero-order valence-corrected chi connectivity index (χ0v) is 22.1. The van der Waals surface area contributed by atoms with Crippen LogP contribution >= 0.6 is 0 Å². The highest BCUT2D eigenvalue weighted by Crippen LogP contribution is 2.59. The number of epoxide rings is 2. The maximum atomic E-state index is 12.8. The molecule has 5 fully saturated rings. The summed E-state index contributed by atoms with van der Waals surface area (Å²) in [5.41, 5.74) is 0.945. The van der Waals surface area contributed by atoms with Gasteiger partial charge in [-0.05, 0) is 98.2 Å². The van der Waals surface area contributed by atoms with Gasteiger partial charge in [0, 0.05) is 19.0 Å². The molecule has 1 aliphatic carbocycles. The Bertz CT molecular complexity index is 875. The molecule has 35 heavy (non-hydrogen) atoms. The lowest BCUT2D eigenvalue weighted by Gasteiger charge is -2.42. The summed E-state index contributed by atoms with van der Waals surface area (Å²) in [7, 11) is 0. The molecule has 1 spiro atoms. The highest BCUT2D eigenvalue weighted by molar-refractivity contribution is 5.68. The molecule has 4 saturated heterocycles. The first kappa shape index (κ1) is 25.0. The van der Waals surface area contributed by atoms with Crippen LogP contribution in [0.5, 0.6) is 0 Å². The number of amides is 1. The smallest absolute Gasteiger partial charge is 0.410 e. The number of allylic oxidation sites excluding steroid dienone is 1. The third-order valence-corrected chi connectivity index (χ3v) is 9.51. The van der Waals surface area contributed by atoms with Crippen molar-refractivity contribution in [2.45, 2.75) is 96.1 Å². The summed E-state index contributed by atoms with van der Waals surface area (Å²) in [5.74, 6) is 0.845. The predicted octanol–water partition coefficient (Wildman–Crippen LogP) is 4.52. The molecule has 194 valence electrons. The average molecular weight is 486 g/mol. The van der Waals surface area contributed by atoms with E-state index in [1.165, 1.54) is 5.57 Å². The molecule has 4 heterocycles. The Morgan fingerprint density at radius 1 is 1.20 bits per heavy atom. The number of nitriles is 1. The summed E-state index contributed by atoms with van der Waals surface area (Å²) >= 11 is 0. The Morgan fingerprint density at radius 2 is 1.91 bits per heavy atom. The van der Waals surface area contributed by atoms with Crippen LogP contribution in [0, 0.1) is 28.6 Å². The summed E-state index contributed by atoms with van der Waals surface area (Å²) in [6.07, 6.45) is 8.94. The van der Waals surface area contributed by atoms with Crippen LogP contribution in [0.15, 0.2) is 11.6 Å². The van der Waals surface area contributed by atoms with Crippen molar-refractivity contribution in [2.24, 2.45) is 17.3 Å². The average Bonchev–Trinajstić information content (AvgIpc) is 3.71. The van der Waals surface area contributed by atoms with Gasteiger partial charge in [0.2, 0.25) is 0 Å². The topological polar surface area (TPSA) is 81.6 Å². The zero-order valence-electron chi connectivity index (χ0n) is 22.1. The van der Waals surface area contributed by atoms with Gasteiger partial charge >= 0.3 is 6.09 Å². The maximum Gasteiger partial charge on any atom is 0.410 e. The molecule has 0 aromatic heterocycles. The first-order valence-electron chi connectivity index (χ1n) is 13.7. The fourth-order valence-corrected chi connectivity index (χ4v) is 6.55. The van der Waals surface area contributed by atoms with E-state index in [-0.39, 0.29) is 40.8 Å². The number of ether oxygens (including phenoxy) is 3. The van der Waals surface area contributed by atoms with Crippen LogP contribution in [0.3, 0.4) is 0 Å². The molecule has 0 N–H and O–H groups in total. The van der Waals surface area contributed by atoms with Crippen LogP contribution in [0.1, 0.15) is 72.6 Å². The molecule has 7 heteroatoms. The lowest BCUT2D eigenvalue weighted by Crippen LogP contribution is -2.53. The van der Waals surface area contributed by atoms with E-state index in [4.69, 9.17) is 14.2 Å². The van der Waals surface area contributed by atoms with E-state index >= 15 is 0 Å². The number of hydrogen-bond donors (Lipinski definition) is 0. The van der Waals surface area contributed by atoms with Crippen molar-refractivity contribution in [3.8, 4) is 6.07 Å². The zero-order chi connectivity index (χ0) is 24.8. The second kappa shape index (κ2) is 9.36. The minimum atomic E-state index is -0.172. The van der Waals surface area contributed by atoms with Crippen molar-refractivity contribution < 1.29 is 19.0 Å². The number of hydrogen-bond acceptors (Lipinski definition) is 6. The van der Waals surface area contributed by atoms with Crippen LogP contribution in [-0.2, 0) is 14.2 Å². The Morgan fingerprint density at radius 3 is 2.54 bits per heavy atom. The molecule has 0 aromatic carbocycles. The van der Waals surface area contributed by atoms with Crippen molar-refractivity contribution in [1.82, 2.24) is 9.80 Å². The number of carbonyl (C=O) groups excluding carboxylic acids is 1. The van der Waals surface area contributed by atoms with Gasteiger partial charge in [0.05, 0.1) is 35.4 Å². The highest BCUT2D eigenvalue weighted by Gasteiger charge is 2.68. The summed E-state index contributed by atoms with van der Waals surface area (Å²) in [6, 6.07) is 2.47. The second-order valence-electron chi connectivity index (χ2n) is 12.6. The molecular formula is C28H43N3O4. The van der Waals surface area contributed by atoms with Gasteiger partial charge in [-0.3, -0.25) is 0 Å². The predicted molar refractivity (Wildman–Crippen MR) is 133 cm³/mol. The quantitative estimate of drug-likeness (QED) is 0.389.